The smallest absolute Gasteiger partial charge is 0.225 e. The number of likely N-dealkylation sites (tertiary alicyclic amines) is 1. The lowest BCUT2D eigenvalue weighted by Gasteiger charge is -2.21. The molecule has 2 saturated carbocycles. The Kier molecular flexibility index (Phi) is 10.2. The molecule has 3 rings (SSSR count). The first-order chi connectivity index (χ1) is 12.8. The van der Waals surface area contributed by atoms with Crippen molar-refractivity contribution in [3.63, 3.8) is 0 Å². The largest absolute Gasteiger partial charge is 0.381 e. The number of hydrogen-bond acceptors (Lipinski definition) is 3. The number of ether oxygens (including phenoxy) is 1. The lowest BCUT2D eigenvalue weighted by Crippen LogP contribution is -2.45. The third kappa shape index (κ3) is 7.75. The van der Waals surface area contributed by atoms with Crippen molar-refractivity contribution in [1.82, 2.24) is 15.5 Å². The van der Waals surface area contributed by atoms with E-state index in [4.69, 9.17) is 4.74 Å². The first-order valence-corrected chi connectivity index (χ1v) is 10.7. The summed E-state index contributed by atoms with van der Waals surface area (Å²) in [4.78, 5) is 19.3. The van der Waals surface area contributed by atoms with E-state index < -0.39 is 0 Å². The number of amides is 1. The molecule has 0 aromatic carbocycles. The van der Waals surface area contributed by atoms with Crippen LogP contribution in [0.25, 0.3) is 0 Å². The van der Waals surface area contributed by atoms with Crippen molar-refractivity contribution in [3.05, 3.63) is 0 Å². The van der Waals surface area contributed by atoms with Crippen molar-refractivity contribution < 1.29 is 9.53 Å². The highest BCUT2D eigenvalue weighted by Gasteiger charge is 2.32. The van der Waals surface area contributed by atoms with E-state index in [0.29, 0.717) is 11.9 Å². The van der Waals surface area contributed by atoms with Crippen LogP contribution in [0, 0.1) is 11.8 Å². The second kappa shape index (κ2) is 12.1. The molecular weight excluding hydrogens is 455 g/mol. The molecule has 1 aliphatic heterocycles. The highest BCUT2D eigenvalue weighted by atomic mass is 127. The molecule has 3 aliphatic rings. The number of carbonyl (C=O) groups excluding carboxylic acids is 1. The van der Waals surface area contributed by atoms with Gasteiger partial charge in [0.1, 0.15) is 0 Å². The van der Waals surface area contributed by atoms with Gasteiger partial charge in [0.25, 0.3) is 0 Å². The first-order valence-electron chi connectivity index (χ1n) is 10.7. The molecule has 7 heteroatoms. The highest BCUT2D eigenvalue weighted by Crippen LogP contribution is 2.29. The molecule has 2 aliphatic carbocycles. The summed E-state index contributed by atoms with van der Waals surface area (Å²) in [5.41, 5.74) is 0. The van der Waals surface area contributed by atoms with Gasteiger partial charge < -0.3 is 20.3 Å². The number of halogens is 1. The molecule has 1 unspecified atom stereocenters. The number of nitrogens with one attached hydrogen (secondary N) is 2. The van der Waals surface area contributed by atoms with E-state index in [-0.39, 0.29) is 29.9 Å². The number of aliphatic imine (C=N–C) groups is 1. The van der Waals surface area contributed by atoms with Gasteiger partial charge in [-0.2, -0.15) is 0 Å². The topological polar surface area (TPSA) is 66.0 Å². The average Bonchev–Trinajstić information content (AvgIpc) is 3.12. The molecule has 0 aromatic rings. The van der Waals surface area contributed by atoms with Gasteiger partial charge in [-0.1, -0.05) is 12.8 Å². The quantitative estimate of drug-likeness (QED) is 0.225. The normalized spacial score (nSPS) is 23.4. The third-order valence-electron chi connectivity index (χ3n) is 5.66. The van der Waals surface area contributed by atoms with Crippen molar-refractivity contribution in [3.8, 4) is 0 Å². The predicted octanol–water partition coefficient (Wildman–Crippen LogP) is 2.77. The molecule has 3 fully saturated rings. The van der Waals surface area contributed by atoms with E-state index >= 15 is 0 Å². The summed E-state index contributed by atoms with van der Waals surface area (Å²) in [6.07, 6.45) is 9.25. The van der Waals surface area contributed by atoms with Gasteiger partial charge in [-0.05, 0) is 51.4 Å². The molecule has 0 aromatic heterocycles. The van der Waals surface area contributed by atoms with Crippen LogP contribution in [0.4, 0.5) is 0 Å². The van der Waals surface area contributed by atoms with Crippen LogP contribution in [0.2, 0.25) is 0 Å². The Morgan fingerprint density at radius 2 is 1.96 bits per heavy atom. The molecule has 6 nitrogen and oxygen atoms in total. The minimum atomic E-state index is 0. The van der Waals surface area contributed by atoms with E-state index in [1.54, 1.807) is 0 Å². The summed E-state index contributed by atoms with van der Waals surface area (Å²) in [7, 11) is 0. The summed E-state index contributed by atoms with van der Waals surface area (Å²) in [6.45, 7) is 7.12. The number of rotatable bonds is 9. The lowest BCUT2D eigenvalue weighted by molar-refractivity contribution is -0.134. The van der Waals surface area contributed by atoms with Gasteiger partial charge in [-0.25, -0.2) is 0 Å². The molecule has 156 valence electrons. The fourth-order valence-electron chi connectivity index (χ4n) is 3.91. The average molecular weight is 492 g/mol. The van der Waals surface area contributed by atoms with Crippen molar-refractivity contribution in [2.24, 2.45) is 16.8 Å². The van der Waals surface area contributed by atoms with Crippen LogP contribution in [-0.2, 0) is 9.53 Å². The zero-order chi connectivity index (χ0) is 18.2. The molecular formula is C20H37IN4O2. The summed E-state index contributed by atoms with van der Waals surface area (Å²) in [5, 5.41) is 6.84. The highest BCUT2D eigenvalue weighted by molar-refractivity contribution is 14.0. The van der Waals surface area contributed by atoms with Crippen molar-refractivity contribution in [2.45, 2.75) is 64.3 Å². The minimum absolute atomic E-state index is 0. The SMILES string of the molecule is CCNC(=NCCCOCC1CC1)NC1CCN(C(=O)C2CCCC2)C1.I. The summed E-state index contributed by atoms with van der Waals surface area (Å²) < 4.78 is 5.67. The van der Waals surface area contributed by atoms with Crippen LogP contribution in [0.5, 0.6) is 0 Å². The summed E-state index contributed by atoms with van der Waals surface area (Å²) in [5.74, 6) is 2.36. The van der Waals surface area contributed by atoms with Crippen LogP contribution in [-0.4, -0.2) is 62.2 Å². The fraction of sp³-hybridized carbons (Fsp3) is 0.900. The predicted molar refractivity (Wildman–Crippen MR) is 120 cm³/mol. The summed E-state index contributed by atoms with van der Waals surface area (Å²) >= 11 is 0. The van der Waals surface area contributed by atoms with Gasteiger partial charge in [0.2, 0.25) is 5.91 Å². The Balaban J connectivity index is 0.00000261. The van der Waals surface area contributed by atoms with Crippen LogP contribution in [0.15, 0.2) is 4.99 Å². The molecule has 0 spiro atoms. The molecule has 2 N–H and O–H groups in total. The maximum atomic E-state index is 12.6. The standard InChI is InChI=1S/C20H36N4O2.HI/c1-2-21-20(22-11-5-13-26-15-16-8-9-16)23-18-10-12-24(14-18)19(25)17-6-3-4-7-17;/h16-18H,2-15H2,1H3,(H2,21,22,23);1H. The lowest BCUT2D eigenvalue weighted by atomic mass is 10.1. The van der Waals surface area contributed by atoms with Gasteiger partial charge in [0.15, 0.2) is 5.96 Å². The van der Waals surface area contributed by atoms with Crippen LogP contribution in [0.3, 0.4) is 0 Å². The summed E-state index contributed by atoms with van der Waals surface area (Å²) in [6, 6.07) is 0.310. The molecule has 1 amide bonds. The van der Waals surface area contributed by atoms with E-state index in [9.17, 15) is 4.79 Å². The van der Waals surface area contributed by atoms with Crippen LogP contribution >= 0.6 is 24.0 Å². The number of carbonyl (C=O) groups is 1. The fourth-order valence-corrected chi connectivity index (χ4v) is 3.91. The maximum Gasteiger partial charge on any atom is 0.225 e. The van der Waals surface area contributed by atoms with Crippen molar-refractivity contribution in [2.75, 3.05) is 39.4 Å². The monoisotopic (exact) mass is 492 g/mol. The zero-order valence-electron chi connectivity index (χ0n) is 16.8. The maximum absolute atomic E-state index is 12.6. The molecule has 1 atom stereocenters. The van der Waals surface area contributed by atoms with Crippen LogP contribution in [0.1, 0.15) is 58.3 Å². The van der Waals surface area contributed by atoms with Gasteiger partial charge in [-0.15, -0.1) is 24.0 Å². The second-order valence-corrected chi connectivity index (χ2v) is 8.03. The Morgan fingerprint density at radius 1 is 1.19 bits per heavy atom. The van der Waals surface area contributed by atoms with E-state index in [1.165, 1.54) is 25.7 Å². The molecule has 1 heterocycles. The minimum Gasteiger partial charge on any atom is -0.381 e. The van der Waals surface area contributed by atoms with Crippen molar-refractivity contribution >= 4 is 35.8 Å². The van der Waals surface area contributed by atoms with E-state index in [0.717, 1.165) is 77.0 Å². The van der Waals surface area contributed by atoms with Crippen LogP contribution < -0.4 is 10.6 Å². The number of guanidine groups is 1. The Morgan fingerprint density at radius 3 is 2.67 bits per heavy atom. The Labute approximate surface area is 181 Å². The third-order valence-corrected chi connectivity index (χ3v) is 5.66. The zero-order valence-corrected chi connectivity index (χ0v) is 19.1. The molecule has 1 saturated heterocycles. The first kappa shape index (κ1) is 22.7. The van der Waals surface area contributed by atoms with Gasteiger partial charge in [0, 0.05) is 51.4 Å². The number of hydrogen-bond donors (Lipinski definition) is 2. The van der Waals surface area contributed by atoms with Gasteiger partial charge in [0.05, 0.1) is 0 Å². The van der Waals surface area contributed by atoms with Gasteiger partial charge >= 0.3 is 0 Å². The van der Waals surface area contributed by atoms with E-state index in [1.807, 2.05) is 0 Å². The van der Waals surface area contributed by atoms with E-state index in [2.05, 4.69) is 27.4 Å². The number of nitrogens with zero attached hydrogens (tertiary/aromatic N) is 2. The van der Waals surface area contributed by atoms with Crippen molar-refractivity contribution in [1.29, 1.82) is 0 Å². The van der Waals surface area contributed by atoms with Gasteiger partial charge in [-0.3, -0.25) is 9.79 Å². The Bertz CT molecular complexity index is 479. The Hall–Kier alpha value is -0.570. The molecule has 0 bridgehead atoms. The second-order valence-electron chi connectivity index (χ2n) is 8.03. The molecule has 27 heavy (non-hydrogen) atoms. The molecule has 0 radical (unpaired) electrons.